The molecule has 1 fully saturated rings. The van der Waals surface area contributed by atoms with Crippen molar-refractivity contribution in [3.63, 3.8) is 0 Å². The van der Waals surface area contributed by atoms with E-state index < -0.39 is 11.6 Å². The maximum absolute atomic E-state index is 14.8. The number of benzene rings is 2. The Kier molecular flexibility index (Phi) is 5.70. The zero-order chi connectivity index (χ0) is 23.8. The number of hydrogen-bond donors (Lipinski definition) is 1. The van der Waals surface area contributed by atoms with E-state index in [0.717, 1.165) is 18.1 Å². The van der Waals surface area contributed by atoms with Crippen molar-refractivity contribution in [2.24, 2.45) is 0 Å². The highest BCUT2D eigenvalue weighted by atomic mass is 19.1. The van der Waals surface area contributed by atoms with E-state index in [-0.39, 0.29) is 28.6 Å². The van der Waals surface area contributed by atoms with Crippen LogP contribution >= 0.6 is 0 Å². The summed E-state index contributed by atoms with van der Waals surface area (Å²) in [4.78, 5) is 19.2. The molecule has 2 aromatic carbocycles. The molecule has 1 aliphatic rings. The number of rotatable bonds is 5. The molecule has 1 aliphatic heterocycles. The van der Waals surface area contributed by atoms with Crippen LogP contribution in [0.15, 0.2) is 63.8 Å². The van der Waals surface area contributed by atoms with Crippen LogP contribution < -0.4 is 15.8 Å². The molecule has 1 atom stereocenters. The van der Waals surface area contributed by atoms with E-state index in [2.05, 4.69) is 15.4 Å². The topological polar surface area (TPSA) is 76.2 Å². The molecule has 0 bridgehead atoms. The Hall–Kier alpha value is -3.85. The molecular formula is C25H23F2N5O2. The van der Waals surface area contributed by atoms with Crippen molar-refractivity contribution >= 4 is 6.01 Å². The molecule has 4 aromatic rings. The molecular weight excluding hydrogens is 440 g/mol. The first-order chi connectivity index (χ1) is 16.4. The Morgan fingerprint density at radius 3 is 2.68 bits per heavy atom. The van der Waals surface area contributed by atoms with Crippen LogP contribution in [0.2, 0.25) is 0 Å². The lowest BCUT2D eigenvalue weighted by molar-refractivity contribution is 0.550. The van der Waals surface area contributed by atoms with Crippen LogP contribution in [0.1, 0.15) is 12.0 Å². The third kappa shape index (κ3) is 3.99. The normalized spacial score (nSPS) is 15.8. The Morgan fingerprint density at radius 2 is 1.94 bits per heavy atom. The second-order valence-corrected chi connectivity index (χ2v) is 8.27. The Labute approximate surface area is 194 Å². The van der Waals surface area contributed by atoms with Gasteiger partial charge >= 0.3 is 0 Å². The van der Waals surface area contributed by atoms with Crippen LogP contribution in [0.3, 0.4) is 0 Å². The summed E-state index contributed by atoms with van der Waals surface area (Å²) in [5, 5.41) is 7.76. The molecule has 34 heavy (non-hydrogen) atoms. The van der Waals surface area contributed by atoms with Gasteiger partial charge in [0, 0.05) is 36.8 Å². The fraction of sp³-hybridized carbons (Fsp3) is 0.240. The van der Waals surface area contributed by atoms with Gasteiger partial charge in [-0.2, -0.15) is 14.8 Å². The summed E-state index contributed by atoms with van der Waals surface area (Å²) >= 11 is 0. The molecule has 9 heteroatoms. The summed E-state index contributed by atoms with van der Waals surface area (Å²) in [6.45, 7) is 3.28. The second-order valence-electron chi connectivity index (χ2n) is 8.27. The van der Waals surface area contributed by atoms with Crippen molar-refractivity contribution in [1.29, 1.82) is 0 Å². The van der Waals surface area contributed by atoms with E-state index in [9.17, 15) is 13.6 Å². The standard InChI is InChI=1S/C25H23F2N5O2/c1-15-5-3-4-6-21(15)32-22(33)10-9-20(30-32)24-23(18-8-7-16(26)13-19(18)27)29-25(34-24)31-12-11-17(14-31)28-2/h3-10,13,17,28H,11-12,14H2,1-2H3. The van der Waals surface area contributed by atoms with Gasteiger partial charge in [-0.15, -0.1) is 0 Å². The molecule has 1 saturated heterocycles. The summed E-state index contributed by atoms with van der Waals surface area (Å²) in [6.07, 6.45) is 0.908. The van der Waals surface area contributed by atoms with Crippen LogP contribution in [0.4, 0.5) is 14.8 Å². The Bertz CT molecular complexity index is 1410. The third-order valence-electron chi connectivity index (χ3n) is 6.05. The SMILES string of the molecule is CNC1CCN(c2nc(-c3ccc(F)cc3F)c(-c3ccc(=O)n(-c4ccccc4C)n3)o2)C1. The number of anilines is 1. The summed E-state index contributed by atoms with van der Waals surface area (Å²) in [5.74, 6) is -1.24. The number of hydrogen-bond acceptors (Lipinski definition) is 6. The zero-order valence-electron chi connectivity index (χ0n) is 18.8. The zero-order valence-corrected chi connectivity index (χ0v) is 18.8. The lowest BCUT2D eigenvalue weighted by Crippen LogP contribution is -2.29. The minimum atomic E-state index is -0.761. The number of oxazole rings is 1. The molecule has 2 aromatic heterocycles. The first kappa shape index (κ1) is 22.0. The van der Waals surface area contributed by atoms with Gasteiger partial charge in [0.25, 0.3) is 11.6 Å². The van der Waals surface area contributed by atoms with Crippen molar-refractivity contribution in [3.05, 3.63) is 82.1 Å². The van der Waals surface area contributed by atoms with Gasteiger partial charge in [-0.1, -0.05) is 18.2 Å². The molecule has 3 heterocycles. The van der Waals surface area contributed by atoms with Crippen molar-refractivity contribution in [1.82, 2.24) is 20.1 Å². The van der Waals surface area contributed by atoms with Crippen molar-refractivity contribution in [3.8, 4) is 28.4 Å². The summed E-state index contributed by atoms with van der Waals surface area (Å²) in [7, 11) is 1.90. The number of aromatic nitrogens is 3. The van der Waals surface area contributed by atoms with Gasteiger partial charge in [0.1, 0.15) is 23.0 Å². The number of aryl methyl sites for hydroxylation is 1. The molecule has 0 spiro atoms. The van der Waals surface area contributed by atoms with Gasteiger partial charge in [0.05, 0.1) is 5.69 Å². The highest BCUT2D eigenvalue weighted by molar-refractivity contribution is 5.76. The number of halogens is 2. The quantitative estimate of drug-likeness (QED) is 0.483. The van der Waals surface area contributed by atoms with Gasteiger partial charge in [-0.05, 0) is 50.2 Å². The minimum absolute atomic E-state index is 0.0891. The van der Waals surface area contributed by atoms with Crippen LogP contribution in [0.5, 0.6) is 0 Å². The molecule has 0 radical (unpaired) electrons. The number of likely N-dealkylation sites (N-methyl/N-ethyl adjacent to an activating group) is 1. The molecule has 0 saturated carbocycles. The third-order valence-corrected chi connectivity index (χ3v) is 6.05. The van der Waals surface area contributed by atoms with E-state index in [4.69, 9.17) is 4.42 Å². The summed E-state index contributed by atoms with van der Waals surface area (Å²) < 4.78 is 35.8. The minimum Gasteiger partial charge on any atom is -0.421 e. The van der Waals surface area contributed by atoms with E-state index in [1.165, 1.54) is 28.9 Å². The van der Waals surface area contributed by atoms with E-state index in [1.54, 1.807) is 6.07 Å². The maximum Gasteiger partial charge on any atom is 0.298 e. The molecule has 174 valence electrons. The van der Waals surface area contributed by atoms with E-state index in [1.807, 2.05) is 37.1 Å². The fourth-order valence-corrected chi connectivity index (χ4v) is 4.16. The average Bonchev–Trinajstić information content (AvgIpc) is 3.47. The monoisotopic (exact) mass is 463 g/mol. The molecule has 0 aliphatic carbocycles. The molecule has 7 nitrogen and oxygen atoms in total. The molecule has 1 unspecified atom stereocenters. The largest absolute Gasteiger partial charge is 0.421 e. The lowest BCUT2D eigenvalue weighted by atomic mass is 10.1. The van der Waals surface area contributed by atoms with Gasteiger partial charge in [0.15, 0.2) is 5.76 Å². The number of nitrogens with one attached hydrogen (secondary N) is 1. The van der Waals surface area contributed by atoms with Crippen LogP contribution in [0.25, 0.3) is 28.4 Å². The summed E-state index contributed by atoms with van der Waals surface area (Å²) in [6, 6.07) is 14.2. The van der Waals surface area contributed by atoms with E-state index >= 15 is 0 Å². The van der Waals surface area contributed by atoms with Gasteiger partial charge < -0.3 is 14.6 Å². The smallest absolute Gasteiger partial charge is 0.298 e. The highest BCUT2D eigenvalue weighted by Crippen LogP contribution is 2.36. The van der Waals surface area contributed by atoms with E-state index in [0.29, 0.717) is 30.5 Å². The maximum atomic E-state index is 14.8. The predicted molar refractivity (Wildman–Crippen MR) is 125 cm³/mol. The first-order valence-electron chi connectivity index (χ1n) is 11.0. The van der Waals surface area contributed by atoms with Crippen molar-refractivity contribution < 1.29 is 13.2 Å². The van der Waals surface area contributed by atoms with Gasteiger partial charge in [-0.25, -0.2) is 8.78 Å². The summed E-state index contributed by atoms with van der Waals surface area (Å²) in [5.41, 5.74) is 1.77. The lowest BCUT2D eigenvalue weighted by Gasteiger charge is -2.13. The molecule has 0 amide bonds. The second kappa shape index (κ2) is 8.83. The number of para-hydroxylation sites is 1. The van der Waals surface area contributed by atoms with Crippen molar-refractivity contribution in [2.45, 2.75) is 19.4 Å². The van der Waals surface area contributed by atoms with Gasteiger partial charge in [0.2, 0.25) is 0 Å². The van der Waals surface area contributed by atoms with Crippen LogP contribution in [-0.2, 0) is 0 Å². The van der Waals surface area contributed by atoms with Crippen molar-refractivity contribution in [2.75, 3.05) is 25.0 Å². The Balaban J connectivity index is 1.67. The average molecular weight is 463 g/mol. The predicted octanol–water partition coefficient (Wildman–Crippen LogP) is 3.94. The number of nitrogens with zero attached hydrogens (tertiary/aromatic N) is 4. The first-order valence-corrected chi connectivity index (χ1v) is 11.0. The van der Waals surface area contributed by atoms with Crippen LogP contribution in [-0.4, -0.2) is 40.9 Å². The molecule has 5 rings (SSSR count). The highest BCUT2D eigenvalue weighted by Gasteiger charge is 2.28. The molecule has 1 N–H and O–H groups in total. The van der Waals surface area contributed by atoms with Gasteiger partial charge in [-0.3, -0.25) is 4.79 Å². The Morgan fingerprint density at radius 1 is 1.12 bits per heavy atom. The fourth-order valence-electron chi connectivity index (χ4n) is 4.16. The van der Waals surface area contributed by atoms with Crippen LogP contribution in [0, 0.1) is 18.6 Å².